The Balaban J connectivity index is 1.64. The molecule has 7 rings (SSSR count). The Hall–Kier alpha value is -6.02. The van der Waals surface area contributed by atoms with Gasteiger partial charge in [-0.25, -0.2) is 9.97 Å². The van der Waals surface area contributed by atoms with Crippen molar-refractivity contribution in [1.82, 2.24) is 19.9 Å². The van der Waals surface area contributed by atoms with Crippen molar-refractivity contribution in [3.8, 4) is 22.3 Å². The number of methoxy groups -OCH3 is 2. The summed E-state index contributed by atoms with van der Waals surface area (Å²) in [5.74, 6) is -0.982. The van der Waals surface area contributed by atoms with E-state index in [4.69, 9.17) is 19.4 Å². The molecular formula is C42H38N4O4. The molecule has 8 heteroatoms. The Labute approximate surface area is 290 Å². The molecule has 0 aliphatic carbocycles. The topological polar surface area (TPSA) is 110 Å². The van der Waals surface area contributed by atoms with Gasteiger partial charge < -0.3 is 19.4 Å². The van der Waals surface area contributed by atoms with Gasteiger partial charge in [-0.1, -0.05) is 74.5 Å². The number of fused-ring (bicyclic) bond motifs is 8. The lowest BCUT2D eigenvalue weighted by molar-refractivity contribution is -0.141. The number of aromatic amines is 2. The monoisotopic (exact) mass is 662 g/mol. The summed E-state index contributed by atoms with van der Waals surface area (Å²) in [4.78, 5) is 43.0. The van der Waals surface area contributed by atoms with Crippen LogP contribution < -0.4 is 0 Å². The largest absolute Gasteiger partial charge is 0.469 e. The third-order valence-corrected chi connectivity index (χ3v) is 9.35. The molecule has 2 N–H and O–H groups in total. The highest BCUT2D eigenvalue weighted by molar-refractivity contribution is 5.94. The first-order chi connectivity index (χ1) is 24.3. The highest BCUT2D eigenvalue weighted by Gasteiger charge is 2.23. The molecule has 5 aromatic rings. The zero-order valence-corrected chi connectivity index (χ0v) is 28.5. The minimum Gasteiger partial charge on any atom is -0.469 e. The minimum absolute atomic E-state index is 0.180. The van der Waals surface area contributed by atoms with Gasteiger partial charge in [-0.2, -0.15) is 0 Å². The minimum atomic E-state index is -0.296. The molecule has 250 valence electrons. The molecule has 2 aliphatic heterocycles. The molecule has 2 aliphatic rings. The summed E-state index contributed by atoms with van der Waals surface area (Å²) in [6.45, 7) is 4.05. The number of nitrogens with one attached hydrogen (secondary N) is 2. The van der Waals surface area contributed by atoms with E-state index in [2.05, 4.69) is 58.5 Å². The summed E-state index contributed by atoms with van der Waals surface area (Å²) in [5.41, 5.74) is 12.3. The number of H-pyrrole nitrogens is 2. The van der Waals surface area contributed by atoms with Crippen molar-refractivity contribution in [2.75, 3.05) is 14.2 Å². The number of nitrogens with zero attached hydrogens (tertiary/aromatic N) is 2. The molecule has 0 fully saturated rings. The smallest absolute Gasteiger partial charge is 0.306 e. The Morgan fingerprint density at radius 2 is 0.920 bits per heavy atom. The molecule has 0 saturated carbocycles. The van der Waals surface area contributed by atoms with Crippen LogP contribution in [0.5, 0.6) is 0 Å². The molecule has 2 unspecified atom stereocenters. The lowest BCUT2D eigenvalue weighted by Crippen LogP contribution is -2.08. The number of carbonyl (C=O) groups is 2. The van der Waals surface area contributed by atoms with Crippen LogP contribution in [-0.4, -0.2) is 46.1 Å². The second-order valence-corrected chi connectivity index (χ2v) is 12.7. The Morgan fingerprint density at radius 3 is 1.34 bits per heavy atom. The Kier molecular flexibility index (Phi) is 9.00. The molecule has 2 atom stereocenters. The van der Waals surface area contributed by atoms with Gasteiger partial charge in [-0.15, -0.1) is 0 Å². The van der Waals surface area contributed by atoms with Crippen molar-refractivity contribution < 1.29 is 19.1 Å². The quantitative estimate of drug-likeness (QED) is 0.157. The van der Waals surface area contributed by atoms with E-state index in [9.17, 15) is 9.59 Å². The molecule has 0 amide bonds. The number of aromatic nitrogens is 4. The maximum absolute atomic E-state index is 12.6. The van der Waals surface area contributed by atoms with Crippen LogP contribution in [0.3, 0.4) is 0 Å². The van der Waals surface area contributed by atoms with Gasteiger partial charge in [0.15, 0.2) is 0 Å². The van der Waals surface area contributed by atoms with E-state index in [1.165, 1.54) is 14.2 Å². The van der Waals surface area contributed by atoms with E-state index >= 15 is 0 Å². The summed E-state index contributed by atoms with van der Waals surface area (Å²) in [7, 11) is 2.83. The molecular weight excluding hydrogens is 624 g/mol. The fraction of sp³-hybridized carbons (Fsp3) is 0.190. The van der Waals surface area contributed by atoms with Gasteiger partial charge >= 0.3 is 11.9 Å². The van der Waals surface area contributed by atoms with Crippen molar-refractivity contribution in [2.45, 2.75) is 38.5 Å². The lowest BCUT2D eigenvalue weighted by atomic mass is 9.94. The number of hydrogen-bond acceptors (Lipinski definition) is 6. The van der Waals surface area contributed by atoms with E-state index in [0.29, 0.717) is 0 Å². The molecule has 3 aromatic heterocycles. The van der Waals surface area contributed by atoms with Crippen LogP contribution in [0.2, 0.25) is 0 Å². The highest BCUT2D eigenvalue weighted by atomic mass is 16.5. The number of esters is 2. The van der Waals surface area contributed by atoms with Gasteiger partial charge in [0.05, 0.1) is 49.8 Å². The van der Waals surface area contributed by atoms with Crippen molar-refractivity contribution >= 4 is 58.3 Å². The van der Waals surface area contributed by atoms with Crippen molar-refractivity contribution in [3.63, 3.8) is 0 Å². The van der Waals surface area contributed by atoms with E-state index in [1.807, 2.05) is 74.5 Å². The number of rotatable bonds is 8. The van der Waals surface area contributed by atoms with E-state index in [0.717, 1.165) is 78.2 Å². The average Bonchev–Trinajstić information content (AvgIpc) is 3.96. The van der Waals surface area contributed by atoms with Crippen LogP contribution >= 0.6 is 0 Å². The number of carbonyl (C=O) groups excluding carboxylic acids is 2. The van der Waals surface area contributed by atoms with Gasteiger partial charge in [0.2, 0.25) is 0 Å². The highest BCUT2D eigenvalue weighted by Crippen LogP contribution is 2.37. The molecule has 8 bridgehead atoms. The zero-order valence-electron chi connectivity index (χ0n) is 28.5. The predicted molar refractivity (Wildman–Crippen MR) is 200 cm³/mol. The van der Waals surface area contributed by atoms with Gasteiger partial charge in [-0.05, 0) is 71.5 Å². The van der Waals surface area contributed by atoms with Crippen LogP contribution in [0.25, 0.3) is 68.6 Å². The maximum atomic E-state index is 12.6. The summed E-state index contributed by atoms with van der Waals surface area (Å²) in [6, 6.07) is 28.6. The summed E-state index contributed by atoms with van der Waals surface area (Å²) < 4.78 is 10.2. The maximum Gasteiger partial charge on any atom is 0.306 e. The van der Waals surface area contributed by atoms with Gasteiger partial charge in [0.25, 0.3) is 0 Å². The standard InChI is InChI=1S/C42H38N4O4/c1-25(23-37(47)49-3)39-29-15-19-33(43-29)41(27-11-7-5-8-12-27)35-21-17-31(45-35)40(26(2)24-38(48)50-4)32-18-22-36(46-32)42(28-13-9-6-10-14-28)34-20-16-30(39)44-34/h5-22,25-26,43-44H,23-24H2,1-4H3. The first-order valence-corrected chi connectivity index (χ1v) is 16.7. The van der Waals surface area contributed by atoms with E-state index < -0.39 is 0 Å². The SMILES string of the molecule is COC(=O)CC(C)c1c2nc(c(-c3ccccc3)c3ccc([nH]3)c(C(C)CC(=O)OC)c3ccc([nH]3)c(-c3ccccc3)c3nc1C=C3)C=C2. The summed E-state index contributed by atoms with van der Waals surface area (Å²) >= 11 is 0. The first kappa shape index (κ1) is 32.5. The summed E-state index contributed by atoms with van der Waals surface area (Å²) in [6.07, 6.45) is 8.45. The molecule has 50 heavy (non-hydrogen) atoms. The first-order valence-electron chi connectivity index (χ1n) is 16.7. The zero-order chi connectivity index (χ0) is 34.8. The van der Waals surface area contributed by atoms with Crippen LogP contribution in [0.1, 0.15) is 72.4 Å². The van der Waals surface area contributed by atoms with Gasteiger partial charge in [0.1, 0.15) is 0 Å². The molecule has 8 nitrogen and oxygen atoms in total. The fourth-order valence-electron chi connectivity index (χ4n) is 6.97. The van der Waals surface area contributed by atoms with Crippen LogP contribution in [0.15, 0.2) is 84.9 Å². The molecule has 2 aromatic carbocycles. The fourth-order valence-corrected chi connectivity index (χ4v) is 6.97. The molecule has 0 radical (unpaired) electrons. The summed E-state index contributed by atoms with van der Waals surface area (Å²) in [5, 5.41) is 0. The van der Waals surface area contributed by atoms with Crippen LogP contribution in [0.4, 0.5) is 0 Å². The van der Waals surface area contributed by atoms with Crippen molar-refractivity contribution in [1.29, 1.82) is 0 Å². The third kappa shape index (κ3) is 6.28. The average molecular weight is 663 g/mol. The van der Waals surface area contributed by atoms with Crippen LogP contribution in [0, 0.1) is 0 Å². The van der Waals surface area contributed by atoms with Crippen molar-refractivity contribution in [3.05, 3.63) is 119 Å². The van der Waals surface area contributed by atoms with Crippen LogP contribution in [-0.2, 0) is 19.1 Å². The number of hydrogen-bond donors (Lipinski definition) is 2. The second kappa shape index (κ2) is 13.8. The van der Waals surface area contributed by atoms with Crippen molar-refractivity contribution in [2.24, 2.45) is 0 Å². The lowest BCUT2D eigenvalue weighted by Gasteiger charge is -2.13. The predicted octanol–water partition coefficient (Wildman–Crippen LogP) is 9.32. The van der Waals surface area contributed by atoms with Gasteiger partial charge in [0, 0.05) is 44.3 Å². The second-order valence-electron chi connectivity index (χ2n) is 12.7. The van der Waals surface area contributed by atoms with E-state index in [-0.39, 0.29) is 36.6 Å². The molecule has 5 heterocycles. The van der Waals surface area contributed by atoms with E-state index in [1.54, 1.807) is 0 Å². The Bertz CT molecular complexity index is 2180. The normalized spacial score (nSPS) is 13.2. The number of benzene rings is 2. The third-order valence-electron chi connectivity index (χ3n) is 9.35. The molecule has 0 spiro atoms. The Morgan fingerprint density at radius 1 is 0.540 bits per heavy atom. The van der Waals surface area contributed by atoms with Gasteiger partial charge in [-0.3, -0.25) is 9.59 Å². The molecule has 0 saturated heterocycles. The number of ether oxygens (including phenoxy) is 2.